The summed E-state index contributed by atoms with van der Waals surface area (Å²) in [5.41, 5.74) is 2.91. The molecule has 3 heteroatoms. The van der Waals surface area contributed by atoms with Crippen LogP contribution in [0.15, 0.2) is 0 Å². The topological polar surface area (TPSA) is 29.9 Å². The van der Waals surface area contributed by atoms with Crippen molar-refractivity contribution in [2.75, 3.05) is 6.54 Å². The first-order valence-electron chi connectivity index (χ1n) is 7.65. The van der Waals surface area contributed by atoms with E-state index in [1.165, 1.54) is 50.0 Å². The van der Waals surface area contributed by atoms with Crippen LogP contribution in [0.4, 0.5) is 0 Å². The minimum atomic E-state index is 0.745. The molecule has 0 radical (unpaired) electrons. The van der Waals surface area contributed by atoms with Crippen LogP contribution in [0.25, 0.3) is 0 Å². The van der Waals surface area contributed by atoms with E-state index >= 15 is 0 Å². The van der Waals surface area contributed by atoms with E-state index in [1.54, 1.807) is 5.69 Å². The van der Waals surface area contributed by atoms with Gasteiger partial charge >= 0.3 is 0 Å². The molecule has 2 fully saturated rings. The molecule has 1 aromatic heterocycles. The molecule has 1 N–H and O–H groups in total. The molecule has 0 amide bonds. The lowest BCUT2D eigenvalue weighted by Crippen LogP contribution is -2.26. The number of rotatable bonds is 2. The third kappa shape index (κ3) is 1.63. The van der Waals surface area contributed by atoms with Crippen LogP contribution in [-0.2, 0) is 13.0 Å². The maximum absolute atomic E-state index is 4.99. The molecule has 4 rings (SSSR count). The number of hydrogen-bond acceptors (Lipinski definition) is 2. The van der Waals surface area contributed by atoms with Crippen molar-refractivity contribution in [1.82, 2.24) is 14.9 Å². The Labute approximate surface area is 109 Å². The van der Waals surface area contributed by atoms with E-state index in [1.807, 2.05) is 0 Å². The van der Waals surface area contributed by atoms with Crippen molar-refractivity contribution < 1.29 is 0 Å². The van der Waals surface area contributed by atoms with Crippen molar-refractivity contribution in [2.24, 2.45) is 5.92 Å². The number of imidazole rings is 1. The van der Waals surface area contributed by atoms with Gasteiger partial charge in [0.2, 0.25) is 0 Å². The number of nitrogens with zero attached hydrogens (tertiary/aromatic N) is 2. The molecule has 2 heterocycles. The molecule has 2 unspecified atom stereocenters. The Hall–Kier alpha value is -0.830. The van der Waals surface area contributed by atoms with E-state index in [0.29, 0.717) is 0 Å². The van der Waals surface area contributed by atoms with E-state index in [9.17, 15) is 0 Å². The van der Waals surface area contributed by atoms with Gasteiger partial charge < -0.3 is 9.88 Å². The van der Waals surface area contributed by atoms with Crippen molar-refractivity contribution >= 4 is 0 Å². The summed E-state index contributed by atoms with van der Waals surface area (Å²) < 4.78 is 2.69. The summed E-state index contributed by atoms with van der Waals surface area (Å²) in [5.74, 6) is 3.06. The fourth-order valence-electron chi connectivity index (χ4n) is 3.86. The Kier molecular flexibility index (Phi) is 2.51. The average Bonchev–Trinajstić information content (AvgIpc) is 3.04. The van der Waals surface area contributed by atoms with Crippen LogP contribution in [0, 0.1) is 5.92 Å². The van der Waals surface area contributed by atoms with Crippen LogP contribution in [0.1, 0.15) is 68.2 Å². The monoisotopic (exact) mass is 245 g/mol. The Morgan fingerprint density at radius 2 is 2.11 bits per heavy atom. The summed E-state index contributed by atoms with van der Waals surface area (Å²) >= 11 is 0. The fourth-order valence-corrected chi connectivity index (χ4v) is 3.86. The van der Waals surface area contributed by atoms with Gasteiger partial charge in [-0.25, -0.2) is 4.98 Å². The first-order valence-corrected chi connectivity index (χ1v) is 7.65. The zero-order valence-electron chi connectivity index (χ0n) is 11.3. The molecule has 0 bridgehead atoms. The van der Waals surface area contributed by atoms with Gasteiger partial charge in [-0.3, -0.25) is 0 Å². The number of nitrogens with one attached hydrogen (secondary N) is 1. The Morgan fingerprint density at radius 3 is 2.83 bits per heavy atom. The zero-order chi connectivity index (χ0) is 12.1. The Morgan fingerprint density at radius 1 is 1.22 bits per heavy atom. The van der Waals surface area contributed by atoms with E-state index in [2.05, 4.69) is 16.8 Å². The molecule has 2 saturated carbocycles. The molecule has 18 heavy (non-hydrogen) atoms. The quantitative estimate of drug-likeness (QED) is 0.868. The second-order valence-electron chi connectivity index (χ2n) is 6.41. The molecule has 3 aliphatic rings. The summed E-state index contributed by atoms with van der Waals surface area (Å²) in [7, 11) is 0. The molecule has 98 valence electrons. The smallest absolute Gasteiger partial charge is 0.112 e. The van der Waals surface area contributed by atoms with Gasteiger partial charge in [0, 0.05) is 37.2 Å². The number of aromatic nitrogens is 2. The summed E-state index contributed by atoms with van der Waals surface area (Å²) in [6.45, 7) is 4.55. The van der Waals surface area contributed by atoms with E-state index < -0.39 is 0 Å². The van der Waals surface area contributed by atoms with Crippen LogP contribution in [0.3, 0.4) is 0 Å². The van der Waals surface area contributed by atoms with Gasteiger partial charge in [-0.1, -0.05) is 13.3 Å². The van der Waals surface area contributed by atoms with Crippen LogP contribution in [0.5, 0.6) is 0 Å². The second-order valence-corrected chi connectivity index (χ2v) is 6.41. The van der Waals surface area contributed by atoms with Crippen LogP contribution < -0.4 is 5.32 Å². The molecule has 2 aliphatic carbocycles. The fraction of sp³-hybridized carbons (Fsp3) is 0.800. The first kappa shape index (κ1) is 11.0. The molecule has 2 atom stereocenters. The molecule has 1 aliphatic heterocycles. The third-order valence-electron chi connectivity index (χ3n) is 5.04. The molecule has 1 aromatic rings. The molecule has 0 aromatic carbocycles. The summed E-state index contributed by atoms with van der Waals surface area (Å²) in [5, 5.41) is 3.47. The summed E-state index contributed by atoms with van der Waals surface area (Å²) in [6, 6.07) is 0.745. The van der Waals surface area contributed by atoms with Gasteiger partial charge in [0.15, 0.2) is 0 Å². The highest BCUT2D eigenvalue weighted by Gasteiger charge is 2.36. The lowest BCUT2D eigenvalue weighted by molar-refractivity contribution is 0.383. The van der Waals surface area contributed by atoms with E-state index in [4.69, 9.17) is 4.98 Å². The van der Waals surface area contributed by atoms with E-state index in [-0.39, 0.29) is 0 Å². The summed E-state index contributed by atoms with van der Waals surface area (Å²) in [4.78, 5) is 4.99. The van der Waals surface area contributed by atoms with Crippen molar-refractivity contribution in [3.63, 3.8) is 0 Å². The largest absolute Gasteiger partial charge is 0.328 e. The number of hydrogen-bond donors (Lipinski definition) is 1. The van der Waals surface area contributed by atoms with Crippen molar-refractivity contribution in [1.29, 1.82) is 0 Å². The van der Waals surface area contributed by atoms with Gasteiger partial charge in [0.05, 0.1) is 5.69 Å². The SMILES string of the molecule is CC1CCCC1n1c(C2CC2)nc2c1CCNC2. The van der Waals surface area contributed by atoms with Gasteiger partial charge in [0.1, 0.15) is 5.82 Å². The normalized spacial score (nSPS) is 31.6. The Balaban J connectivity index is 1.80. The van der Waals surface area contributed by atoms with Crippen LogP contribution >= 0.6 is 0 Å². The minimum absolute atomic E-state index is 0.745. The van der Waals surface area contributed by atoms with Crippen LogP contribution in [0.2, 0.25) is 0 Å². The predicted molar refractivity (Wildman–Crippen MR) is 71.7 cm³/mol. The van der Waals surface area contributed by atoms with Crippen molar-refractivity contribution in [3.05, 3.63) is 17.2 Å². The second kappa shape index (κ2) is 4.09. The van der Waals surface area contributed by atoms with Crippen LogP contribution in [-0.4, -0.2) is 16.1 Å². The highest BCUT2D eigenvalue weighted by Crippen LogP contribution is 2.45. The van der Waals surface area contributed by atoms with Crippen molar-refractivity contribution in [2.45, 2.75) is 64.0 Å². The van der Waals surface area contributed by atoms with Gasteiger partial charge in [-0.05, 0) is 31.6 Å². The maximum atomic E-state index is 4.99. The molecular formula is C15H23N3. The summed E-state index contributed by atoms with van der Waals surface area (Å²) in [6.07, 6.45) is 8.09. The average molecular weight is 245 g/mol. The van der Waals surface area contributed by atoms with E-state index in [0.717, 1.165) is 31.0 Å². The Bertz CT molecular complexity index is 459. The standard InChI is InChI=1S/C15H23N3/c1-10-3-2-4-13(10)18-14-7-8-16-9-12(14)17-15(18)11-5-6-11/h10-11,13,16H,2-9H2,1H3. The van der Waals surface area contributed by atoms with Crippen molar-refractivity contribution in [3.8, 4) is 0 Å². The molecule has 3 nitrogen and oxygen atoms in total. The third-order valence-corrected chi connectivity index (χ3v) is 5.04. The van der Waals surface area contributed by atoms with Gasteiger partial charge in [0.25, 0.3) is 0 Å². The van der Waals surface area contributed by atoms with Gasteiger partial charge in [-0.2, -0.15) is 0 Å². The highest BCUT2D eigenvalue weighted by atomic mass is 15.2. The maximum Gasteiger partial charge on any atom is 0.112 e. The zero-order valence-corrected chi connectivity index (χ0v) is 11.3. The first-order chi connectivity index (χ1) is 8.84. The lowest BCUT2D eigenvalue weighted by atomic mass is 10.0. The molecule has 0 spiro atoms. The molecule has 0 saturated heterocycles. The number of fused-ring (bicyclic) bond motifs is 1. The molecular weight excluding hydrogens is 222 g/mol. The predicted octanol–water partition coefficient (Wildman–Crippen LogP) is 2.77. The minimum Gasteiger partial charge on any atom is -0.328 e. The van der Waals surface area contributed by atoms with Gasteiger partial charge in [-0.15, -0.1) is 0 Å². The highest BCUT2D eigenvalue weighted by molar-refractivity contribution is 5.25. The lowest BCUT2D eigenvalue weighted by Gasteiger charge is -2.24.